The maximum atomic E-state index is 13.1. The van der Waals surface area contributed by atoms with Crippen LogP contribution < -0.4 is 0 Å². The fraction of sp³-hybridized carbons (Fsp3) is 0.346. The highest BCUT2D eigenvalue weighted by atomic mass is 79.9. The lowest BCUT2D eigenvalue weighted by Gasteiger charge is -2.32. The summed E-state index contributed by atoms with van der Waals surface area (Å²) in [5, 5.41) is 1.15. The molecule has 8 heteroatoms. The number of halogens is 1. The number of hydrogen-bond donors (Lipinski definition) is 0. The minimum Gasteiger partial charge on any atom is -0.447 e. The minimum absolute atomic E-state index is 0.0240. The first kappa shape index (κ1) is 23.1. The van der Waals surface area contributed by atoms with Crippen molar-refractivity contribution in [3.05, 3.63) is 74.5 Å². The van der Waals surface area contributed by atoms with Crippen LogP contribution >= 0.6 is 27.3 Å². The predicted molar refractivity (Wildman–Crippen MR) is 136 cm³/mol. The zero-order valence-electron chi connectivity index (χ0n) is 18.9. The molecule has 0 saturated carbocycles. The number of piperidine rings is 1. The van der Waals surface area contributed by atoms with Gasteiger partial charge in [-0.15, -0.1) is 11.3 Å². The van der Waals surface area contributed by atoms with Gasteiger partial charge in [-0.25, -0.2) is 9.78 Å². The molecule has 0 spiro atoms. The van der Waals surface area contributed by atoms with Gasteiger partial charge in [0.25, 0.3) is 0 Å². The van der Waals surface area contributed by atoms with E-state index in [2.05, 4.69) is 35.0 Å². The zero-order chi connectivity index (χ0) is 23.7. The topological polar surface area (TPSA) is 62.7 Å². The SMILES string of the molecule is Cc1sc(C2CCN(C(=O)CN3C(=O)OCC3c3ccccc3)CC2)nc1-c1ccc(Br)cc1. The van der Waals surface area contributed by atoms with E-state index in [-0.39, 0.29) is 25.1 Å². The summed E-state index contributed by atoms with van der Waals surface area (Å²) in [6, 6.07) is 17.8. The molecule has 5 rings (SSSR count). The van der Waals surface area contributed by atoms with Crippen LogP contribution in [0.4, 0.5) is 4.79 Å². The van der Waals surface area contributed by atoms with Crippen molar-refractivity contribution >= 4 is 39.3 Å². The Kier molecular flexibility index (Phi) is 6.70. The van der Waals surface area contributed by atoms with Crippen molar-refractivity contribution in [2.24, 2.45) is 0 Å². The molecule has 2 saturated heterocycles. The van der Waals surface area contributed by atoms with Crippen LogP contribution in [-0.2, 0) is 9.53 Å². The van der Waals surface area contributed by atoms with Crippen molar-refractivity contribution in [2.75, 3.05) is 26.2 Å². The number of aromatic nitrogens is 1. The van der Waals surface area contributed by atoms with E-state index in [4.69, 9.17) is 9.72 Å². The largest absolute Gasteiger partial charge is 0.447 e. The van der Waals surface area contributed by atoms with Gasteiger partial charge >= 0.3 is 6.09 Å². The number of ether oxygens (including phenoxy) is 1. The number of rotatable bonds is 5. The number of hydrogen-bond acceptors (Lipinski definition) is 5. The molecule has 176 valence electrons. The third-order valence-electron chi connectivity index (χ3n) is 6.59. The summed E-state index contributed by atoms with van der Waals surface area (Å²) in [6.45, 7) is 3.80. The summed E-state index contributed by atoms with van der Waals surface area (Å²) in [5.41, 5.74) is 3.16. The second kappa shape index (κ2) is 9.88. The summed E-state index contributed by atoms with van der Waals surface area (Å²) < 4.78 is 6.31. The molecule has 2 aromatic carbocycles. The molecule has 2 aliphatic heterocycles. The van der Waals surface area contributed by atoms with Crippen LogP contribution in [0.25, 0.3) is 11.3 Å². The van der Waals surface area contributed by atoms with Crippen LogP contribution in [0.15, 0.2) is 59.1 Å². The molecule has 3 heterocycles. The Morgan fingerprint density at radius 3 is 2.53 bits per heavy atom. The maximum Gasteiger partial charge on any atom is 0.410 e. The molecule has 0 bridgehead atoms. The van der Waals surface area contributed by atoms with Crippen LogP contribution in [0.3, 0.4) is 0 Å². The smallest absolute Gasteiger partial charge is 0.410 e. The monoisotopic (exact) mass is 539 g/mol. The van der Waals surface area contributed by atoms with E-state index in [1.807, 2.05) is 47.4 Å². The first-order chi connectivity index (χ1) is 16.5. The van der Waals surface area contributed by atoms with Gasteiger partial charge in [-0.3, -0.25) is 9.69 Å². The molecular formula is C26H26BrN3O3S. The van der Waals surface area contributed by atoms with Gasteiger partial charge in [0.1, 0.15) is 13.2 Å². The lowest BCUT2D eigenvalue weighted by Crippen LogP contribution is -2.44. The van der Waals surface area contributed by atoms with E-state index in [0.717, 1.165) is 39.1 Å². The third-order valence-corrected chi connectivity index (χ3v) is 8.26. The van der Waals surface area contributed by atoms with Gasteiger partial charge in [0.15, 0.2) is 0 Å². The Morgan fingerprint density at radius 1 is 1.12 bits per heavy atom. The summed E-state index contributed by atoms with van der Waals surface area (Å²) in [4.78, 5) is 35.0. The first-order valence-electron chi connectivity index (χ1n) is 11.5. The van der Waals surface area contributed by atoms with E-state index in [9.17, 15) is 9.59 Å². The number of carbonyl (C=O) groups is 2. The number of nitrogens with zero attached hydrogens (tertiary/aromatic N) is 3. The van der Waals surface area contributed by atoms with Crippen molar-refractivity contribution in [3.63, 3.8) is 0 Å². The summed E-state index contributed by atoms with van der Waals surface area (Å²) in [6.07, 6.45) is 1.34. The van der Waals surface area contributed by atoms with Crippen LogP contribution in [0.2, 0.25) is 0 Å². The van der Waals surface area contributed by atoms with Crippen LogP contribution in [0, 0.1) is 6.92 Å². The Hall–Kier alpha value is -2.71. The summed E-state index contributed by atoms with van der Waals surface area (Å²) >= 11 is 5.25. The van der Waals surface area contributed by atoms with Gasteiger partial charge in [0.05, 0.1) is 16.7 Å². The van der Waals surface area contributed by atoms with Crippen molar-refractivity contribution in [1.82, 2.24) is 14.8 Å². The molecule has 1 atom stereocenters. The van der Waals surface area contributed by atoms with Crippen LogP contribution in [0.1, 0.15) is 40.2 Å². The normalized spacial score (nSPS) is 18.9. The molecule has 2 aliphatic rings. The fourth-order valence-corrected chi connectivity index (χ4v) is 6.04. The standard InChI is InChI=1S/C26H26BrN3O3S/c1-17-24(19-7-9-21(27)10-8-19)28-25(34-17)20-11-13-29(14-12-20)23(31)15-30-22(16-33-26(30)32)18-5-3-2-4-6-18/h2-10,20,22H,11-16H2,1H3. The average molecular weight is 540 g/mol. The van der Waals surface area contributed by atoms with E-state index < -0.39 is 6.09 Å². The molecule has 2 fully saturated rings. The Labute approximate surface area is 211 Å². The van der Waals surface area contributed by atoms with Gasteiger partial charge in [0, 0.05) is 33.9 Å². The molecule has 34 heavy (non-hydrogen) atoms. The van der Waals surface area contributed by atoms with Gasteiger partial charge < -0.3 is 9.64 Å². The number of carbonyl (C=O) groups excluding carboxylic acids is 2. The second-order valence-electron chi connectivity index (χ2n) is 8.75. The molecule has 3 aromatic rings. The number of aryl methyl sites for hydroxylation is 1. The number of benzene rings is 2. The molecule has 0 radical (unpaired) electrons. The molecule has 1 aromatic heterocycles. The Morgan fingerprint density at radius 2 is 1.82 bits per heavy atom. The maximum absolute atomic E-state index is 13.1. The van der Waals surface area contributed by atoms with Crippen LogP contribution in [0.5, 0.6) is 0 Å². The molecule has 0 N–H and O–H groups in total. The number of cyclic esters (lactones) is 1. The average Bonchev–Trinajstić information content (AvgIpc) is 3.43. The lowest BCUT2D eigenvalue weighted by molar-refractivity contribution is -0.133. The number of amides is 2. The second-order valence-corrected chi connectivity index (χ2v) is 10.9. The molecule has 0 aliphatic carbocycles. The molecule has 6 nitrogen and oxygen atoms in total. The van der Waals surface area contributed by atoms with E-state index >= 15 is 0 Å². The molecule has 2 amide bonds. The van der Waals surface area contributed by atoms with E-state index in [0.29, 0.717) is 19.0 Å². The molecular weight excluding hydrogens is 514 g/mol. The van der Waals surface area contributed by atoms with Crippen LogP contribution in [-0.4, -0.2) is 53.0 Å². The third kappa shape index (κ3) is 4.74. The van der Waals surface area contributed by atoms with Gasteiger partial charge in [0.2, 0.25) is 5.91 Å². The highest BCUT2D eigenvalue weighted by Gasteiger charge is 2.37. The number of likely N-dealkylation sites (tertiary alicyclic amines) is 1. The zero-order valence-corrected chi connectivity index (χ0v) is 21.3. The van der Waals surface area contributed by atoms with Crippen molar-refractivity contribution < 1.29 is 14.3 Å². The molecule has 1 unspecified atom stereocenters. The highest BCUT2D eigenvalue weighted by molar-refractivity contribution is 9.10. The van der Waals surface area contributed by atoms with Crippen molar-refractivity contribution in [1.29, 1.82) is 0 Å². The van der Waals surface area contributed by atoms with Crippen molar-refractivity contribution in [2.45, 2.75) is 31.7 Å². The van der Waals surface area contributed by atoms with E-state index in [1.54, 1.807) is 16.2 Å². The minimum atomic E-state index is -0.421. The quantitative estimate of drug-likeness (QED) is 0.412. The predicted octanol–water partition coefficient (Wildman–Crippen LogP) is 5.78. The number of thiazole rings is 1. The fourth-order valence-electron chi connectivity index (χ4n) is 4.67. The summed E-state index contributed by atoms with van der Waals surface area (Å²) in [5.74, 6) is 0.329. The van der Waals surface area contributed by atoms with Crippen molar-refractivity contribution in [3.8, 4) is 11.3 Å². The highest BCUT2D eigenvalue weighted by Crippen LogP contribution is 2.36. The first-order valence-corrected chi connectivity index (χ1v) is 13.1. The Bertz CT molecular complexity index is 1170. The van der Waals surface area contributed by atoms with Gasteiger partial charge in [-0.2, -0.15) is 0 Å². The Balaban J connectivity index is 1.21. The summed E-state index contributed by atoms with van der Waals surface area (Å²) in [7, 11) is 0. The lowest BCUT2D eigenvalue weighted by atomic mass is 9.97. The van der Waals surface area contributed by atoms with E-state index in [1.165, 1.54) is 4.88 Å². The van der Waals surface area contributed by atoms with Gasteiger partial charge in [-0.05, 0) is 37.5 Å². The van der Waals surface area contributed by atoms with Gasteiger partial charge in [-0.1, -0.05) is 58.4 Å².